The third-order valence-corrected chi connectivity index (χ3v) is 5.44. The maximum absolute atomic E-state index is 12.7. The van der Waals surface area contributed by atoms with E-state index in [1.807, 2.05) is 12.1 Å². The van der Waals surface area contributed by atoms with Crippen LogP contribution in [0.1, 0.15) is 55.3 Å². The van der Waals surface area contributed by atoms with Crippen molar-refractivity contribution in [2.24, 2.45) is 5.92 Å². The van der Waals surface area contributed by atoms with Crippen molar-refractivity contribution in [2.45, 2.75) is 57.2 Å². The van der Waals surface area contributed by atoms with Gasteiger partial charge in [-0.2, -0.15) is 0 Å². The largest absolute Gasteiger partial charge is 0.486 e. The monoisotopic (exact) mass is 345 g/mol. The van der Waals surface area contributed by atoms with Gasteiger partial charge >= 0.3 is 0 Å². The molecule has 1 aromatic carbocycles. The molecule has 1 amide bonds. The Labute approximate surface area is 148 Å². The fraction of sp³-hybridized carbons (Fsp3) is 0.632. The minimum atomic E-state index is -0.125. The molecular weight excluding hydrogens is 318 g/mol. The molecule has 6 nitrogen and oxygen atoms in total. The van der Waals surface area contributed by atoms with Gasteiger partial charge in [0.2, 0.25) is 0 Å². The molecule has 2 fully saturated rings. The highest BCUT2D eigenvalue weighted by Crippen LogP contribution is 2.33. The summed E-state index contributed by atoms with van der Waals surface area (Å²) in [5, 5.41) is 3.06. The number of rotatable bonds is 4. The zero-order chi connectivity index (χ0) is 17.1. The maximum atomic E-state index is 12.7. The van der Waals surface area contributed by atoms with Crippen LogP contribution in [0.3, 0.4) is 0 Å². The van der Waals surface area contributed by atoms with E-state index in [0.717, 1.165) is 12.3 Å². The number of carbonyl (C=O) groups is 1. The molecule has 2 unspecified atom stereocenters. The number of hydrogen-bond donors (Lipinski definition) is 3. The lowest BCUT2D eigenvalue weighted by Gasteiger charge is -2.24. The third-order valence-electron chi connectivity index (χ3n) is 5.44. The van der Waals surface area contributed by atoms with Gasteiger partial charge in [-0.1, -0.05) is 38.2 Å². The van der Waals surface area contributed by atoms with Crippen molar-refractivity contribution in [2.75, 3.05) is 13.2 Å². The van der Waals surface area contributed by atoms with E-state index >= 15 is 0 Å². The predicted octanol–water partition coefficient (Wildman–Crippen LogP) is 2.35. The first-order chi connectivity index (χ1) is 12.3. The summed E-state index contributed by atoms with van der Waals surface area (Å²) in [6.07, 6.45) is 8.87. The van der Waals surface area contributed by atoms with E-state index in [4.69, 9.17) is 9.47 Å². The molecule has 1 aromatic rings. The van der Waals surface area contributed by atoms with Crippen LogP contribution in [0.25, 0.3) is 0 Å². The van der Waals surface area contributed by atoms with Crippen LogP contribution in [0.15, 0.2) is 18.2 Å². The molecule has 4 rings (SSSR count). The second-order valence-electron chi connectivity index (χ2n) is 7.32. The Morgan fingerprint density at radius 2 is 1.96 bits per heavy atom. The molecule has 0 radical (unpaired) electrons. The van der Waals surface area contributed by atoms with Gasteiger partial charge in [-0.3, -0.25) is 10.2 Å². The highest BCUT2D eigenvalue weighted by atomic mass is 16.6. The van der Waals surface area contributed by atoms with E-state index < -0.39 is 0 Å². The number of amides is 1. The Bertz CT molecular complexity index is 616. The smallest absolute Gasteiger partial charge is 0.256 e. The Morgan fingerprint density at radius 1 is 1.12 bits per heavy atom. The van der Waals surface area contributed by atoms with Crippen molar-refractivity contribution < 1.29 is 14.3 Å². The summed E-state index contributed by atoms with van der Waals surface area (Å²) in [5.41, 5.74) is 7.11. The molecule has 3 N–H and O–H groups in total. The van der Waals surface area contributed by atoms with Crippen LogP contribution in [0.4, 0.5) is 0 Å². The second kappa shape index (κ2) is 7.62. The van der Waals surface area contributed by atoms with Crippen molar-refractivity contribution in [3.63, 3.8) is 0 Å². The molecule has 0 bridgehead atoms. The molecule has 6 heteroatoms. The zero-order valence-corrected chi connectivity index (χ0v) is 14.6. The lowest BCUT2D eigenvalue weighted by Crippen LogP contribution is -2.44. The summed E-state index contributed by atoms with van der Waals surface area (Å²) in [5.74, 6) is 1.90. The maximum Gasteiger partial charge on any atom is 0.256 e. The quantitative estimate of drug-likeness (QED) is 0.781. The highest BCUT2D eigenvalue weighted by Gasteiger charge is 2.29. The number of carbonyl (C=O) groups excluding carboxylic acids is 1. The van der Waals surface area contributed by atoms with Gasteiger partial charge in [0.1, 0.15) is 13.2 Å². The molecule has 0 aromatic heterocycles. The fourth-order valence-corrected chi connectivity index (χ4v) is 4.18. The molecule has 136 valence electrons. The standard InChI is InChI=1S/C19H27N3O3/c23-19(15-7-4-8-16-18(15)25-10-9-24-16)20-17-12-14(21-22-17)11-13-5-2-1-3-6-13/h4,7-8,13-14,17,21-22H,1-3,5-6,9-12H2,(H,20,23). The van der Waals surface area contributed by atoms with Crippen molar-refractivity contribution in [1.82, 2.24) is 16.2 Å². The molecule has 2 aliphatic heterocycles. The van der Waals surface area contributed by atoms with Crippen LogP contribution in [0.5, 0.6) is 11.5 Å². The van der Waals surface area contributed by atoms with Crippen LogP contribution < -0.4 is 25.6 Å². The van der Waals surface area contributed by atoms with E-state index in [1.54, 1.807) is 6.07 Å². The average Bonchev–Trinajstić information content (AvgIpc) is 3.09. The lowest BCUT2D eigenvalue weighted by molar-refractivity contribution is 0.0921. The summed E-state index contributed by atoms with van der Waals surface area (Å²) in [6.45, 7) is 0.999. The van der Waals surface area contributed by atoms with E-state index in [2.05, 4.69) is 16.2 Å². The Balaban J connectivity index is 1.33. The first kappa shape index (κ1) is 16.7. The van der Waals surface area contributed by atoms with Crippen molar-refractivity contribution in [3.05, 3.63) is 23.8 Å². The number of para-hydroxylation sites is 1. The molecule has 3 aliphatic rings. The number of fused-ring (bicyclic) bond motifs is 1. The normalized spacial score (nSPS) is 26.4. The van der Waals surface area contributed by atoms with Crippen LogP contribution in [-0.2, 0) is 0 Å². The van der Waals surface area contributed by atoms with Crippen molar-refractivity contribution in [3.8, 4) is 11.5 Å². The number of nitrogens with one attached hydrogen (secondary N) is 3. The summed E-state index contributed by atoms with van der Waals surface area (Å²) < 4.78 is 11.2. The molecule has 0 spiro atoms. The molecule has 1 aliphatic carbocycles. The van der Waals surface area contributed by atoms with Gasteiger partial charge in [0, 0.05) is 6.04 Å². The summed E-state index contributed by atoms with van der Waals surface area (Å²) in [4.78, 5) is 12.7. The fourth-order valence-electron chi connectivity index (χ4n) is 4.18. The van der Waals surface area contributed by atoms with Gasteiger partial charge in [0.25, 0.3) is 5.91 Å². The van der Waals surface area contributed by atoms with E-state index in [9.17, 15) is 4.79 Å². The summed E-state index contributed by atoms with van der Waals surface area (Å²) in [6, 6.07) is 5.87. The third kappa shape index (κ3) is 3.90. The van der Waals surface area contributed by atoms with Gasteiger partial charge in [-0.15, -0.1) is 0 Å². The number of ether oxygens (including phenoxy) is 2. The summed E-state index contributed by atoms with van der Waals surface area (Å²) in [7, 11) is 0. The first-order valence-electron chi connectivity index (χ1n) is 9.50. The minimum Gasteiger partial charge on any atom is -0.486 e. The minimum absolute atomic E-state index is 0.0542. The van der Waals surface area contributed by atoms with Gasteiger partial charge in [0.15, 0.2) is 11.5 Å². The number of hydrogen-bond acceptors (Lipinski definition) is 5. The molecule has 1 saturated heterocycles. The van der Waals surface area contributed by atoms with Gasteiger partial charge in [-0.25, -0.2) is 5.43 Å². The SMILES string of the molecule is O=C(NC1CC(CC2CCCCC2)NN1)c1cccc2c1OCCO2. The van der Waals surface area contributed by atoms with E-state index in [0.29, 0.717) is 36.3 Å². The predicted molar refractivity (Wildman–Crippen MR) is 94.6 cm³/mol. The lowest BCUT2D eigenvalue weighted by atomic mass is 9.84. The molecule has 1 saturated carbocycles. The zero-order valence-electron chi connectivity index (χ0n) is 14.6. The molecule has 2 atom stereocenters. The topological polar surface area (TPSA) is 71.6 Å². The highest BCUT2D eigenvalue weighted by molar-refractivity contribution is 5.98. The van der Waals surface area contributed by atoms with Gasteiger partial charge in [-0.05, 0) is 30.9 Å². The molecule has 2 heterocycles. The number of benzene rings is 1. The number of hydrazine groups is 1. The van der Waals surface area contributed by atoms with E-state index in [-0.39, 0.29) is 12.1 Å². The Hall–Kier alpha value is -1.79. The van der Waals surface area contributed by atoms with Gasteiger partial charge in [0.05, 0.1) is 11.7 Å². The van der Waals surface area contributed by atoms with Crippen LogP contribution in [0, 0.1) is 5.92 Å². The molecule has 25 heavy (non-hydrogen) atoms. The Kier molecular flexibility index (Phi) is 5.08. The van der Waals surface area contributed by atoms with Crippen LogP contribution >= 0.6 is 0 Å². The molecular formula is C19H27N3O3. The van der Waals surface area contributed by atoms with Crippen molar-refractivity contribution in [1.29, 1.82) is 0 Å². The van der Waals surface area contributed by atoms with E-state index in [1.165, 1.54) is 38.5 Å². The average molecular weight is 345 g/mol. The van der Waals surface area contributed by atoms with Crippen LogP contribution in [0.2, 0.25) is 0 Å². The van der Waals surface area contributed by atoms with Crippen LogP contribution in [-0.4, -0.2) is 31.3 Å². The van der Waals surface area contributed by atoms with Gasteiger partial charge < -0.3 is 14.8 Å². The van der Waals surface area contributed by atoms with Crippen molar-refractivity contribution >= 4 is 5.91 Å². The Morgan fingerprint density at radius 3 is 2.84 bits per heavy atom. The first-order valence-corrected chi connectivity index (χ1v) is 9.50. The second-order valence-corrected chi connectivity index (χ2v) is 7.32. The summed E-state index contributed by atoms with van der Waals surface area (Å²) >= 11 is 0.